The molecule has 1 aromatic carbocycles. The highest BCUT2D eigenvalue weighted by Crippen LogP contribution is 2.17. The summed E-state index contributed by atoms with van der Waals surface area (Å²) in [6, 6.07) is 7.67. The van der Waals surface area contributed by atoms with Crippen LogP contribution in [0.15, 0.2) is 36.5 Å². The minimum atomic E-state index is -2.89. The van der Waals surface area contributed by atoms with Crippen LogP contribution < -0.4 is 4.74 Å². The Bertz CT molecular complexity index is 596. The lowest BCUT2D eigenvalue weighted by atomic mass is 10.1. The maximum atomic E-state index is 12.1. The molecule has 1 aromatic heterocycles. The van der Waals surface area contributed by atoms with Gasteiger partial charge in [-0.15, -0.1) is 0 Å². The summed E-state index contributed by atoms with van der Waals surface area (Å²) in [5.74, 6) is -0.128. The van der Waals surface area contributed by atoms with Crippen LogP contribution in [0.1, 0.15) is 22.5 Å². The van der Waals surface area contributed by atoms with Gasteiger partial charge in [0.05, 0.1) is 0 Å². The Morgan fingerprint density at radius 2 is 2.20 bits per heavy atom. The van der Waals surface area contributed by atoms with Crippen molar-refractivity contribution in [1.29, 1.82) is 0 Å². The van der Waals surface area contributed by atoms with Crippen molar-refractivity contribution in [2.24, 2.45) is 7.05 Å². The molecule has 2 rings (SSSR count). The third kappa shape index (κ3) is 3.63. The number of alkyl halides is 2. The fraction of sp³-hybridized carbons (Fsp3) is 0.286. The largest absolute Gasteiger partial charge is 0.435 e. The van der Waals surface area contributed by atoms with E-state index in [1.165, 1.54) is 18.2 Å². The number of hydrogen-bond acceptors (Lipinski definition) is 3. The Labute approximate surface area is 115 Å². The molecule has 0 aliphatic rings. The van der Waals surface area contributed by atoms with Gasteiger partial charge in [-0.3, -0.25) is 9.48 Å². The van der Waals surface area contributed by atoms with Gasteiger partial charge in [0, 0.05) is 30.9 Å². The Morgan fingerprint density at radius 3 is 2.85 bits per heavy atom. The highest BCUT2D eigenvalue weighted by molar-refractivity contribution is 5.96. The summed E-state index contributed by atoms with van der Waals surface area (Å²) in [7, 11) is 1.80. The average Bonchev–Trinajstić information content (AvgIpc) is 2.81. The van der Waals surface area contributed by atoms with Crippen LogP contribution in [0.3, 0.4) is 0 Å². The van der Waals surface area contributed by atoms with E-state index < -0.39 is 6.61 Å². The first kappa shape index (κ1) is 14.2. The molecule has 0 fully saturated rings. The van der Waals surface area contributed by atoms with Crippen molar-refractivity contribution in [3.63, 3.8) is 0 Å². The summed E-state index contributed by atoms with van der Waals surface area (Å²) in [5, 5.41) is 4.02. The van der Waals surface area contributed by atoms with Crippen molar-refractivity contribution in [2.45, 2.75) is 19.5 Å². The Balaban J connectivity index is 2.00. The molecule has 0 radical (unpaired) electrons. The first-order valence-corrected chi connectivity index (χ1v) is 6.11. The van der Waals surface area contributed by atoms with Crippen LogP contribution in [0.2, 0.25) is 0 Å². The Morgan fingerprint density at radius 1 is 1.40 bits per heavy atom. The molecular weight excluding hydrogens is 266 g/mol. The number of Topliss-reactive ketones (excluding diaryl/α,β-unsaturated/α-hetero) is 1. The van der Waals surface area contributed by atoms with E-state index >= 15 is 0 Å². The van der Waals surface area contributed by atoms with Crippen LogP contribution in [0.4, 0.5) is 8.78 Å². The Kier molecular flexibility index (Phi) is 4.45. The van der Waals surface area contributed by atoms with Crippen LogP contribution in [0.25, 0.3) is 0 Å². The van der Waals surface area contributed by atoms with E-state index in [9.17, 15) is 13.6 Å². The van der Waals surface area contributed by atoms with Crippen LogP contribution in [-0.2, 0) is 13.5 Å². The zero-order valence-electron chi connectivity index (χ0n) is 10.9. The number of nitrogens with zero attached hydrogens (tertiary/aromatic N) is 2. The topological polar surface area (TPSA) is 44.1 Å². The maximum Gasteiger partial charge on any atom is 0.387 e. The van der Waals surface area contributed by atoms with Gasteiger partial charge < -0.3 is 4.74 Å². The number of carbonyl (C=O) groups excluding carboxylic acids is 1. The number of halogens is 2. The summed E-state index contributed by atoms with van der Waals surface area (Å²) in [5.41, 5.74) is 1.31. The van der Waals surface area contributed by atoms with Crippen molar-refractivity contribution >= 4 is 5.78 Å². The lowest BCUT2D eigenvalue weighted by Gasteiger charge is -2.06. The molecule has 1 heterocycles. The molecule has 0 bridgehead atoms. The standard InChI is InChI=1S/C14H14F2N2O2/c1-18-11(7-8-17-18)5-6-13(19)10-3-2-4-12(9-10)20-14(15)16/h2-4,7-9,14H,5-6H2,1H3. The predicted octanol–water partition coefficient (Wildman–Crippen LogP) is 2.84. The number of aromatic nitrogens is 2. The molecule has 2 aromatic rings. The van der Waals surface area contributed by atoms with Crippen LogP contribution >= 0.6 is 0 Å². The van der Waals surface area contributed by atoms with E-state index in [2.05, 4.69) is 9.84 Å². The molecule has 0 aliphatic heterocycles. The molecule has 0 aliphatic carbocycles. The lowest BCUT2D eigenvalue weighted by Crippen LogP contribution is -2.06. The van der Waals surface area contributed by atoms with Crippen LogP contribution in [0.5, 0.6) is 5.75 Å². The van der Waals surface area contributed by atoms with E-state index in [1.807, 2.05) is 6.07 Å². The first-order valence-electron chi connectivity index (χ1n) is 6.11. The van der Waals surface area contributed by atoms with E-state index in [4.69, 9.17) is 0 Å². The molecule has 0 saturated heterocycles. The van der Waals surface area contributed by atoms with E-state index in [-0.39, 0.29) is 18.0 Å². The van der Waals surface area contributed by atoms with Gasteiger partial charge in [-0.25, -0.2) is 0 Å². The van der Waals surface area contributed by atoms with Gasteiger partial charge in [0.15, 0.2) is 5.78 Å². The van der Waals surface area contributed by atoms with Crippen molar-refractivity contribution in [3.05, 3.63) is 47.8 Å². The monoisotopic (exact) mass is 280 g/mol. The SMILES string of the molecule is Cn1nccc1CCC(=O)c1cccc(OC(F)F)c1. The molecule has 0 amide bonds. The number of hydrogen-bond donors (Lipinski definition) is 0. The van der Waals surface area contributed by atoms with Crippen molar-refractivity contribution in [2.75, 3.05) is 0 Å². The fourth-order valence-corrected chi connectivity index (χ4v) is 1.88. The van der Waals surface area contributed by atoms with Gasteiger partial charge in [0.25, 0.3) is 0 Å². The second-order valence-corrected chi connectivity index (χ2v) is 4.28. The van der Waals surface area contributed by atoms with Gasteiger partial charge in [-0.2, -0.15) is 13.9 Å². The lowest BCUT2D eigenvalue weighted by molar-refractivity contribution is -0.0498. The van der Waals surface area contributed by atoms with Gasteiger partial charge in [0.2, 0.25) is 0 Å². The molecule has 6 heteroatoms. The number of rotatable bonds is 6. The second kappa shape index (κ2) is 6.27. The van der Waals surface area contributed by atoms with E-state index in [1.54, 1.807) is 24.0 Å². The third-order valence-electron chi connectivity index (χ3n) is 2.91. The minimum Gasteiger partial charge on any atom is -0.435 e. The zero-order valence-corrected chi connectivity index (χ0v) is 10.9. The molecule has 0 saturated carbocycles. The number of ketones is 1. The van der Waals surface area contributed by atoms with Crippen LogP contribution in [-0.4, -0.2) is 22.2 Å². The van der Waals surface area contributed by atoms with Crippen molar-refractivity contribution < 1.29 is 18.3 Å². The molecule has 20 heavy (non-hydrogen) atoms. The molecule has 0 N–H and O–H groups in total. The smallest absolute Gasteiger partial charge is 0.387 e. The van der Waals surface area contributed by atoms with Crippen molar-refractivity contribution in [1.82, 2.24) is 9.78 Å². The molecule has 0 atom stereocenters. The second-order valence-electron chi connectivity index (χ2n) is 4.28. The number of benzene rings is 1. The van der Waals surface area contributed by atoms with Gasteiger partial charge >= 0.3 is 6.61 Å². The minimum absolute atomic E-state index is 0.00798. The zero-order chi connectivity index (χ0) is 14.5. The highest BCUT2D eigenvalue weighted by atomic mass is 19.3. The molecule has 0 spiro atoms. The summed E-state index contributed by atoms with van der Waals surface area (Å²) in [6.07, 6.45) is 2.50. The number of ether oxygens (including phenoxy) is 1. The number of aryl methyl sites for hydroxylation is 2. The summed E-state index contributed by atoms with van der Waals surface area (Å²) < 4.78 is 30.2. The van der Waals surface area contributed by atoms with Gasteiger partial charge in [0.1, 0.15) is 5.75 Å². The molecule has 4 nitrogen and oxygen atoms in total. The van der Waals surface area contributed by atoms with E-state index in [0.717, 1.165) is 5.69 Å². The predicted molar refractivity (Wildman–Crippen MR) is 68.9 cm³/mol. The maximum absolute atomic E-state index is 12.1. The molecule has 0 unspecified atom stereocenters. The molecule has 106 valence electrons. The normalized spacial score (nSPS) is 10.8. The fourth-order valence-electron chi connectivity index (χ4n) is 1.88. The quantitative estimate of drug-likeness (QED) is 0.764. The summed E-state index contributed by atoms with van der Waals surface area (Å²) in [4.78, 5) is 12.0. The van der Waals surface area contributed by atoms with Gasteiger partial charge in [-0.05, 0) is 24.6 Å². The molecular formula is C14H14F2N2O2. The average molecular weight is 280 g/mol. The van der Waals surface area contributed by atoms with Crippen molar-refractivity contribution in [3.8, 4) is 5.75 Å². The van der Waals surface area contributed by atoms with Crippen LogP contribution in [0, 0.1) is 0 Å². The highest BCUT2D eigenvalue weighted by Gasteiger charge is 2.10. The van der Waals surface area contributed by atoms with E-state index in [0.29, 0.717) is 12.0 Å². The summed E-state index contributed by atoms with van der Waals surface area (Å²) in [6.45, 7) is -2.89. The van der Waals surface area contributed by atoms with Gasteiger partial charge in [-0.1, -0.05) is 12.1 Å². The summed E-state index contributed by atoms with van der Waals surface area (Å²) >= 11 is 0. The number of carbonyl (C=O) groups is 1. The third-order valence-corrected chi connectivity index (χ3v) is 2.91. The Hall–Kier alpha value is -2.24. The first-order chi connectivity index (χ1) is 9.56.